The fourth-order valence-electron chi connectivity index (χ4n) is 5.76. The Hall–Kier alpha value is -2.29. The van der Waals surface area contributed by atoms with Gasteiger partial charge in [-0.1, -0.05) is 145 Å². The quantitative estimate of drug-likeness (QED) is 0.0214. The van der Waals surface area contributed by atoms with Crippen LogP contribution >= 0.6 is 7.82 Å². The summed E-state index contributed by atoms with van der Waals surface area (Å²) in [6, 6.07) is 0. The summed E-state index contributed by atoms with van der Waals surface area (Å²) in [5.74, 6) is -0.828. The Morgan fingerprint density at radius 3 is 1.51 bits per heavy atom. The van der Waals surface area contributed by atoms with Crippen LogP contribution in [0.4, 0.5) is 0 Å². The maximum absolute atomic E-state index is 12.7. The zero-order valence-electron chi connectivity index (χ0n) is 37.1. The topological polar surface area (TPSA) is 108 Å². The average Bonchev–Trinajstić information content (AvgIpc) is 3.16. The van der Waals surface area contributed by atoms with Crippen LogP contribution in [0.1, 0.15) is 174 Å². The maximum Gasteiger partial charge on any atom is 0.472 e. The molecule has 2 unspecified atom stereocenters. The van der Waals surface area contributed by atoms with Crippen LogP contribution in [0.15, 0.2) is 60.8 Å². The number of esters is 2. The first-order valence-corrected chi connectivity index (χ1v) is 24.0. The largest absolute Gasteiger partial charge is 0.472 e. The SMILES string of the molecule is CC/C=C\C/C=C\C/C=C\C/C=C\CCCCCCCCC(=O)OC(COC(=O)CCCCCCC/C=C\CCCCCCC)COP(=O)(O)OCC[N+](C)(C)C. The van der Waals surface area contributed by atoms with E-state index in [4.69, 9.17) is 18.5 Å². The van der Waals surface area contributed by atoms with Crippen LogP contribution in [-0.4, -0.2) is 74.9 Å². The number of nitrogens with zero attached hydrogens (tertiary/aromatic N) is 1. The number of carbonyl (C=O) groups excluding carboxylic acids is 2. The molecular formula is C47H85NO8P+. The number of hydrogen-bond acceptors (Lipinski definition) is 7. The average molecular weight is 823 g/mol. The Labute approximate surface area is 349 Å². The number of rotatable bonds is 40. The van der Waals surface area contributed by atoms with Crippen molar-refractivity contribution >= 4 is 19.8 Å². The second-order valence-electron chi connectivity index (χ2n) is 16.0. The third kappa shape index (κ3) is 43.1. The Morgan fingerprint density at radius 2 is 1.00 bits per heavy atom. The van der Waals surface area contributed by atoms with Gasteiger partial charge in [-0.2, -0.15) is 0 Å². The van der Waals surface area contributed by atoms with Gasteiger partial charge in [-0.05, 0) is 77.0 Å². The molecule has 0 radical (unpaired) electrons. The standard InChI is InChI=1S/C47H84NO8P/c1-6-8-10-12-14-16-18-20-22-23-24-25-26-28-30-32-34-36-38-40-47(50)56-45(44-55-57(51,52)54-42-41-48(3,4)5)43-53-46(49)39-37-35-33-31-29-27-21-19-17-15-13-11-9-7-2/h8,10,14,16,19-22,24-25,45H,6-7,9,11-13,15,17-18,23,26-44H2,1-5H3/p+1/b10-8-,16-14-,21-19-,22-20-,25-24-. The highest BCUT2D eigenvalue weighted by Crippen LogP contribution is 2.43. The number of phosphoric ester groups is 1. The fraction of sp³-hybridized carbons (Fsp3) is 0.745. The van der Waals surface area contributed by atoms with E-state index in [1.54, 1.807) is 0 Å². The van der Waals surface area contributed by atoms with Gasteiger partial charge < -0.3 is 18.9 Å². The van der Waals surface area contributed by atoms with E-state index in [1.807, 2.05) is 21.1 Å². The molecule has 57 heavy (non-hydrogen) atoms. The lowest BCUT2D eigenvalue weighted by atomic mass is 10.1. The molecule has 0 aromatic carbocycles. The zero-order chi connectivity index (χ0) is 42.1. The summed E-state index contributed by atoms with van der Waals surface area (Å²) in [4.78, 5) is 35.4. The van der Waals surface area contributed by atoms with Crippen LogP contribution < -0.4 is 0 Å². The summed E-state index contributed by atoms with van der Waals surface area (Å²) in [6.45, 7) is 4.26. The van der Waals surface area contributed by atoms with Crippen LogP contribution in [0.2, 0.25) is 0 Å². The van der Waals surface area contributed by atoms with Gasteiger partial charge in [0, 0.05) is 12.8 Å². The van der Waals surface area contributed by atoms with Crippen molar-refractivity contribution in [3.05, 3.63) is 60.8 Å². The molecular weight excluding hydrogens is 737 g/mol. The van der Waals surface area contributed by atoms with Crippen molar-refractivity contribution in [3.8, 4) is 0 Å². The molecule has 0 aliphatic rings. The van der Waals surface area contributed by atoms with Crippen molar-refractivity contribution in [2.45, 2.75) is 180 Å². The highest BCUT2D eigenvalue weighted by Gasteiger charge is 2.27. The summed E-state index contributed by atoms with van der Waals surface area (Å²) in [5, 5.41) is 0. The molecule has 0 spiro atoms. The van der Waals surface area contributed by atoms with E-state index in [1.165, 1.54) is 38.5 Å². The van der Waals surface area contributed by atoms with Crippen LogP contribution in [0.5, 0.6) is 0 Å². The molecule has 0 amide bonds. The molecule has 9 nitrogen and oxygen atoms in total. The van der Waals surface area contributed by atoms with Crippen LogP contribution in [0.3, 0.4) is 0 Å². The van der Waals surface area contributed by atoms with Gasteiger partial charge in [-0.15, -0.1) is 0 Å². The minimum atomic E-state index is -4.38. The number of allylic oxidation sites excluding steroid dienone is 10. The van der Waals surface area contributed by atoms with E-state index in [9.17, 15) is 19.0 Å². The summed E-state index contributed by atoms with van der Waals surface area (Å²) in [7, 11) is 1.45. The second-order valence-corrected chi connectivity index (χ2v) is 17.5. The number of ether oxygens (including phenoxy) is 2. The first-order valence-electron chi connectivity index (χ1n) is 22.5. The van der Waals surface area contributed by atoms with Crippen LogP contribution in [0.25, 0.3) is 0 Å². The van der Waals surface area contributed by atoms with Gasteiger partial charge in [0.05, 0.1) is 27.7 Å². The molecule has 2 atom stereocenters. The van der Waals surface area contributed by atoms with E-state index < -0.39 is 26.5 Å². The second kappa shape index (κ2) is 39.2. The van der Waals surface area contributed by atoms with Gasteiger partial charge in [0.1, 0.15) is 19.8 Å². The number of phosphoric acid groups is 1. The van der Waals surface area contributed by atoms with Crippen molar-refractivity contribution in [1.29, 1.82) is 0 Å². The third-order valence-electron chi connectivity index (χ3n) is 9.28. The van der Waals surface area contributed by atoms with Gasteiger partial charge in [0.15, 0.2) is 6.10 Å². The van der Waals surface area contributed by atoms with Gasteiger partial charge in [0.25, 0.3) is 0 Å². The number of unbranched alkanes of at least 4 members (excludes halogenated alkanes) is 16. The third-order valence-corrected chi connectivity index (χ3v) is 10.3. The first kappa shape index (κ1) is 54.7. The number of likely N-dealkylation sites (N-methyl/N-ethyl adjacent to an activating group) is 1. The van der Waals surface area contributed by atoms with E-state index in [-0.39, 0.29) is 32.0 Å². The van der Waals surface area contributed by atoms with Gasteiger partial charge in [0.2, 0.25) is 0 Å². The summed E-state index contributed by atoms with van der Waals surface area (Å²) < 4.78 is 34.3. The first-order chi connectivity index (χ1) is 27.5. The lowest BCUT2D eigenvalue weighted by molar-refractivity contribution is -0.870. The Balaban J connectivity index is 4.39. The van der Waals surface area contributed by atoms with E-state index in [0.717, 1.165) is 103 Å². The van der Waals surface area contributed by atoms with Gasteiger partial charge >= 0.3 is 19.8 Å². The monoisotopic (exact) mass is 823 g/mol. The minimum Gasteiger partial charge on any atom is -0.462 e. The number of carbonyl (C=O) groups is 2. The molecule has 0 heterocycles. The van der Waals surface area contributed by atoms with Gasteiger partial charge in [-0.3, -0.25) is 18.6 Å². The molecule has 0 rings (SSSR count). The molecule has 0 fully saturated rings. The van der Waals surface area contributed by atoms with Crippen molar-refractivity contribution in [3.63, 3.8) is 0 Å². The molecule has 0 aliphatic carbocycles. The molecule has 0 aliphatic heterocycles. The zero-order valence-corrected chi connectivity index (χ0v) is 38.0. The smallest absolute Gasteiger partial charge is 0.462 e. The summed E-state index contributed by atoms with van der Waals surface area (Å²) in [6.07, 6.45) is 46.9. The number of hydrogen-bond donors (Lipinski definition) is 1. The lowest BCUT2D eigenvalue weighted by Crippen LogP contribution is -2.37. The van der Waals surface area contributed by atoms with E-state index in [0.29, 0.717) is 17.4 Å². The molecule has 0 saturated heterocycles. The molecule has 10 heteroatoms. The Morgan fingerprint density at radius 1 is 0.561 bits per heavy atom. The van der Waals surface area contributed by atoms with E-state index >= 15 is 0 Å². The predicted molar refractivity (Wildman–Crippen MR) is 238 cm³/mol. The van der Waals surface area contributed by atoms with Crippen molar-refractivity contribution < 1.29 is 42.1 Å². The Bertz CT molecular complexity index is 1160. The molecule has 0 aromatic heterocycles. The molecule has 0 bridgehead atoms. The summed E-state index contributed by atoms with van der Waals surface area (Å²) >= 11 is 0. The lowest BCUT2D eigenvalue weighted by Gasteiger charge is -2.24. The van der Waals surface area contributed by atoms with Crippen molar-refractivity contribution in [2.24, 2.45) is 0 Å². The molecule has 1 N–H and O–H groups in total. The molecule has 330 valence electrons. The maximum atomic E-state index is 12.7. The highest BCUT2D eigenvalue weighted by atomic mass is 31.2. The van der Waals surface area contributed by atoms with Crippen molar-refractivity contribution in [1.82, 2.24) is 0 Å². The predicted octanol–water partition coefficient (Wildman–Crippen LogP) is 12.9. The summed E-state index contributed by atoms with van der Waals surface area (Å²) in [5.41, 5.74) is 0. The van der Waals surface area contributed by atoms with Gasteiger partial charge in [-0.25, -0.2) is 4.57 Å². The van der Waals surface area contributed by atoms with Crippen LogP contribution in [0, 0.1) is 0 Å². The van der Waals surface area contributed by atoms with Crippen LogP contribution in [-0.2, 0) is 32.7 Å². The molecule has 0 saturated carbocycles. The Kier molecular flexibility index (Phi) is 37.6. The van der Waals surface area contributed by atoms with E-state index in [2.05, 4.69) is 74.6 Å². The fourth-order valence-corrected chi connectivity index (χ4v) is 6.50. The number of quaternary nitrogens is 1. The minimum absolute atomic E-state index is 0.0248. The molecule has 0 aromatic rings. The highest BCUT2D eigenvalue weighted by molar-refractivity contribution is 7.47. The van der Waals surface area contributed by atoms with Crippen molar-refractivity contribution in [2.75, 3.05) is 47.5 Å². The normalized spacial score (nSPS) is 14.1.